The van der Waals surface area contributed by atoms with Crippen LogP contribution in [0.4, 0.5) is 23.8 Å². The third-order valence-corrected chi connectivity index (χ3v) is 8.38. The Bertz CT molecular complexity index is 1950. The summed E-state index contributed by atoms with van der Waals surface area (Å²) in [5.74, 6) is -0.0460. The first kappa shape index (κ1) is 34.2. The molecule has 0 radical (unpaired) electrons. The van der Waals surface area contributed by atoms with E-state index in [0.717, 1.165) is 34.0 Å². The van der Waals surface area contributed by atoms with Crippen molar-refractivity contribution in [3.8, 4) is 21.9 Å². The topological polar surface area (TPSA) is 125 Å². The molecular weight excluding hydrogens is 645 g/mol. The third-order valence-electron chi connectivity index (χ3n) is 7.25. The van der Waals surface area contributed by atoms with Crippen molar-refractivity contribution in [2.45, 2.75) is 45.6 Å². The maximum absolute atomic E-state index is 13.6. The van der Waals surface area contributed by atoms with Gasteiger partial charge in [0.1, 0.15) is 39.5 Å². The molecule has 0 saturated carbocycles. The van der Waals surface area contributed by atoms with E-state index in [1.54, 1.807) is 30.2 Å². The lowest BCUT2D eigenvalue weighted by molar-refractivity contribution is -0.139. The predicted molar refractivity (Wildman–Crippen MR) is 179 cm³/mol. The second kappa shape index (κ2) is 13.6. The van der Waals surface area contributed by atoms with Crippen molar-refractivity contribution in [1.82, 2.24) is 19.4 Å². The number of nitrogens with two attached hydrogens (primary N) is 1. The van der Waals surface area contributed by atoms with Crippen LogP contribution in [0.15, 0.2) is 73.2 Å². The number of anilines is 1. The van der Waals surface area contributed by atoms with Crippen molar-refractivity contribution >= 4 is 40.2 Å². The summed E-state index contributed by atoms with van der Waals surface area (Å²) in [7, 11) is 1.67. The van der Waals surface area contributed by atoms with Crippen LogP contribution in [0.1, 0.15) is 54.6 Å². The maximum atomic E-state index is 13.6. The zero-order valence-corrected chi connectivity index (χ0v) is 27.8. The first-order valence-electron chi connectivity index (χ1n) is 15.0. The Kier molecular flexibility index (Phi) is 9.66. The number of alkyl halides is 3. The lowest BCUT2D eigenvalue weighted by Gasteiger charge is -2.24. The number of pyridine rings is 1. The molecule has 0 spiro atoms. The van der Waals surface area contributed by atoms with Gasteiger partial charge < -0.3 is 25.4 Å². The van der Waals surface area contributed by atoms with E-state index in [2.05, 4.69) is 15.3 Å². The van der Waals surface area contributed by atoms with Crippen LogP contribution >= 0.6 is 11.3 Å². The average Bonchev–Trinajstić information content (AvgIpc) is 3.64. The van der Waals surface area contributed by atoms with Gasteiger partial charge >= 0.3 is 12.3 Å². The zero-order valence-electron chi connectivity index (χ0n) is 27.0. The number of thiophene rings is 1. The highest BCUT2D eigenvalue weighted by Gasteiger charge is 2.35. The molecule has 0 saturated heterocycles. The fourth-order valence-electron chi connectivity index (χ4n) is 4.96. The summed E-state index contributed by atoms with van der Waals surface area (Å²) < 4.78 is 54.0. The monoisotopic (exact) mass is 680 g/mol. The van der Waals surface area contributed by atoms with E-state index in [9.17, 15) is 22.8 Å². The van der Waals surface area contributed by atoms with Crippen LogP contribution in [-0.2, 0) is 10.9 Å². The van der Waals surface area contributed by atoms with E-state index in [0.29, 0.717) is 29.4 Å². The minimum Gasteiger partial charge on any atom is -0.484 e. The van der Waals surface area contributed by atoms with Crippen molar-refractivity contribution < 1.29 is 32.2 Å². The standard InChI is InChI=1S/C34H35F3N6O4S/c1-20(23-8-6-7-9-24(23)34(35,36)37)46-27-18-29(48-30(27)31(38)44)43-19-41-25-16-21(10-11-26(25)43)22-12-13-39-28(17-22)40-14-15-42(5)32(45)47-33(2,3)4/h6-13,16-20H,14-15H2,1-5H3,(H2,38,44)(H,39,40)/t20-/m1/s1. The molecule has 3 heterocycles. The fourth-order valence-corrected chi connectivity index (χ4v) is 5.89. The number of hydrogen-bond donors (Lipinski definition) is 2. The SMILES string of the molecule is C[C@@H](Oc1cc(-n2cnc3cc(-c4ccnc(NCCN(C)C(=O)OC(C)(C)C)c4)ccc32)sc1C(N)=O)c1ccccc1C(F)(F)F. The Morgan fingerprint density at radius 2 is 1.77 bits per heavy atom. The number of nitrogens with one attached hydrogen (secondary N) is 1. The number of likely N-dealkylation sites (N-methyl/N-ethyl adjacent to an activating group) is 1. The molecule has 5 aromatic rings. The number of imidazole rings is 1. The number of nitrogens with zero attached hydrogens (tertiary/aromatic N) is 4. The lowest BCUT2D eigenvalue weighted by Crippen LogP contribution is -2.36. The Balaban J connectivity index is 1.33. The first-order valence-corrected chi connectivity index (χ1v) is 15.8. The molecule has 1 atom stereocenters. The van der Waals surface area contributed by atoms with Crippen LogP contribution in [0.2, 0.25) is 0 Å². The molecule has 5 rings (SSSR count). The number of carbonyl (C=O) groups excluding carboxylic acids is 2. The Hall–Kier alpha value is -5.11. The van der Waals surface area contributed by atoms with E-state index in [-0.39, 0.29) is 16.2 Å². The maximum Gasteiger partial charge on any atom is 0.416 e. The Morgan fingerprint density at radius 1 is 1.04 bits per heavy atom. The largest absolute Gasteiger partial charge is 0.484 e. The van der Waals surface area contributed by atoms with Crippen molar-refractivity contribution in [2.75, 3.05) is 25.5 Å². The van der Waals surface area contributed by atoms with Crippen LogP contribution in [0, 0.1) is 0 Å². The van der Waals surface area contributed by atoms with E-state index in [1.807, 2.05) is 51.1 Å². The number of hydrogen-bond acceptors (Lipinski definition) is 8. The number of carbonyl (C=O) groups is 2. The molecule has 3 aromatic heterocycles. The molecule has 0 bridgehead atoms. The van der Waals surface area contributed by atoms with Crippen molar-refractivity contribution in [1.29, 1.82) is 0 Å². The molecule has 48 heavy (non-hydrogen) atoms. The summed E-state index contributed by atoms with van der Waals surface area (Å²) in [5, 5.41) is 3.79. The minimum atomic E-state index is -4.57. The first-order chi connectivity index (χ1) is 22.6. The highest BCUT2D eigenvalue weighted by molar-refractivity contribution is 7.16. The number of amides is 2. The lowest BCUT2D eigenvalue weighted by atomic mass is 10.0. The molecule has 0 aliphatic heterocycles. The summed E-state index contributed by atoms with van der Waals surface area (Å²) in [4.78, 5) is 35.1. The van der Waals surface area contributed by atoms with Gasteiger partial charge in [0.05, 0.1) is 16.6 Å². The van der Waals surface area contributed by atoms with Crippen LogP contribution < -0.4 is 15.8 Å². The van der Waals surface area contributed by atoms with E-state index >= 15 is 0 Å². The number of aromatic nitrogens is 3. The molecule has 2 aromatic carbocycles. The third kappa shape index (κ3) is 7.88. The quantitative estimate of drug-likeness (QED) is 0.155. The molecule has 2 amide bonds. The van der Waals surface area contributed by atoms with Gasteiger partial charge in [-0.3, -0.25) is 9.36 Å². The number of primary amides is 1. The van der Waals surface area contributed by atoms with Crippen molar-refractivity contribution in [3.05, 3.63) is 89.2 Å². The van der Waals surface area contributed by atoms with E-state index in [4.69, 9.17) is 15.2 Å². The summed E-state index contributed by atoms with van der Waals surface area (Å²) in [6.07, 6.45) is -2.71. The zero-order chi connectivity index (χ0) is 34.8. The summed E-state index contributed by atoms with van der Waals surface area (Å²) >= 11 is 1.06. The van der Waals surface area contributed by atoms with E-state index < -0.39 is 35.4 Å². The minimum absolute atomic E-state index is 0.0589. The molecule has 0 fully saturated rings. The molecule has 14 heteroatoms. The fraction of sp³-hybridized carbons (Fsp3) is 0.294. The average molecular weight is 681 g/mol. The van der Waals surface area contributed by atoms with Crippen molar-refractivity contribution in [3.63, 3.8) is 0 Å². The highest BCUT2D eigenvalue weighted by atomic mass is 32.1. The number of rotatable bonds is 10. The van der Waals surface area contributed by atoms with Gasteiger partial charge in [0.2, 0.25) is 0 Å². The predicted octanol–water partition coefficient (Wildman–Crippen LogP) is 7.69. The number of halogens is 3. The molecule has 3 N–H and O–H groups in total. The molecule has 252 valence electrons. The Morgan fingerprint density at radius 3 is 2.48 bits per heavy atom. The number of fused-ring (bicyclic) bond motifs is 1. The van der Waals surface area contributed by atoms with Gasteiger partial charge in [-0.05, 0) is 69.2 Å². The van der Waals surface area contributed by atoms with Gasteiger partial charge in [-0.2, -0.15) is 13.2 Å². The number of ether oxygens (including phenoxy) is 2. The molecule has 0 aliphatic carbocycles. The summed E-state index contributed by atoms with van der Waals surface area (Å²) in [5.41, 5.74) is 7.36. The van der Waals surface area contributed by atoms with Crippen LogP contribution in [-0.4, -0.2) is 57.2 Å². The van der Waals surface area contributed by atoms with Gasteiger partial charge in [0.15, 0.2) is 0 Å². The van der Waals surface area contributed by atoms with Gasteiger partial charge in [0, 0.05) is 38.0 Å². The van der Waals surface area contributed by atoms with Crippen molar-refractivity contribution in [2.24, 2.45) is 5.73 Å². The second-order valence-electron chi connectivity index (χ2n) is 12.1. The van der Waals surface area contributed by atoms with Crippen LogP contribution in [0.25, 0.3) is 27.2 Å². The van der Waals surface area contributed by atoms with Gasteiger partial charge in [-0.15, -0.1) is 11.3 Å². The van der Waals surface area contributed by atoms with E-state index in [1.165, 1.54) is 30.0 Å². The smallest absolute Gasteiger partial charge is 0.416 e. The van der Waals surface area contributed by atoms with Crippen LogP contribution in [0.5, 0.6) is 5.75 Å². The van der Waals surface area contributed by atoms with Crippen LogP contribution in [0.3, 0.4) is 0 Å². The van der Waals surface area contributed by atoms with Gasteiger partial charge in [-0.25, -0.2) is 14.8 Å². The number of benzene rings is 2. The Labute approximate surface area is 279 Å². The summed E-state index contributed by atoms with van der Waals surface area (Å²) in [6, 6.07) is 16.2. The second-order valence-corrected chi connectivity index (χ2v) is 13.1. The van der Waals surface area contributed by atoms with Gasteiger partial charge in [-0.1, -0.05) is 24.3 Å². The molecule has 10 nitrogen and oxygen atoms in total. The van der Waals surface area contributed by atoms with Gasteiger partial charge in [0.25, 0.3) is 5.91 Å². The molecule has 0 unspecified atom stereocenters. The highest BCUT2D eigenvalue weighted by Crippen LogP contribution is 2.39. The molecule has 0 aliphatic rings. The normalized spacial score (nSPS) is 12.5. The molecular formula is C34H35F3N6O4S. The summed E-state index contributed by atoms with van der Waals surface area (Å²) in [6.45, 7) is 7.81.